The zero-order valence-electron chi connectivity index (χ0n) is 69.7. The number of thiazole rings is 3. The molecule has 11 heterocycles. The van der Waals surface area contributed by atoms with Gasteiger partial charge in [0.2, 0.25) is 29.6 Å². The molecule has 0 radical (unpaired) electrons. The molecule has 39 heteroatoms. The van der Waals surface area contributed by atoms with Crippen molar-refractivity contribution < 1.29 is 58.9 Å². The molecule has 122 heavy (non-hydrogen) atoms. The number of hydrogen-bond acceptors (Lipinski definition) is 27. The first-order valence-corrected chi connectivity index (χ1v) is 44.2. The van der Waals surface area contributed by atoms with Crippen molar-refractivity contribution in [1.82, 2.24) is 84.4 Å². The van der Waals surface area contributed by atoms with E-state index in [0.29, 0.717) is 163 Å². The highest BCUT2D eigenvalue weighted by molar-refractivity contribution is 7.13. The van der Waals surface area contributed by atoms with Crippen molar-refractivity contribution in [2.24, 2.45) is 0 Å². The van der Waals surface area contributed by atoms with Gasteiger partial charge < -0.3 is 46.4 Å². The van der Waals surface area contributed by atoms with Crippen molar-refractivity contribution in [2.75, 3.05) is 57.8 Å². The van der Waals surface area contributed by atoms with Crippen molar-refractivity contribution in [1.29, 1.82) is 0 Å². The molecule has 0 spiro atoms. The Labute approximate surface area is 713 Å². The molecule has 2 atom stereocenters. The van der Waals surface area contributed by atoms with E-state index >= 15 is 0 Å². The van der Waals surface area contributed by atoms with Gasteiger partial charge >= 0.3 is 0 Å². The highest BCUT2D eigenvalue weighted by Gasteiger charge is 2.40. The molecule has 6 saturated carbocycles. The normalized spacial score (nSPS) is 19.7. The highest BCUT2D eigenvalue weighted by Crippen LogP contribution is 2.42. The summed E-state index contributed by atoms with van der Waals surface area (Å²) in [7, 11) is 0. The number of hydrogen-bond donors (Lipinski definition) is 7. The molecule has 26 nitrogen and oxygen atoms in total. The summed E-state index contributed by atoms with van der Waals surface area (Å²) in [6.07, 6.45) is 6.17. The zero-order valence-corrected chi connectivity index (χ0v) is 72.2. The smallest absolute Gasteiger partial charge is 0.254 e. The predicted molar refractivity (Wildman–Crippen MR) is 451 cm³/mol. The molecule has 0 amide bonds. The SMILES string of the molecule is Cc1cc(NC2CCC(F)(F)CC2)nc(-c2nc(C)cs2)n1.Cc1cc(NC2CCC(F)(F)CC2)nc(-n2nc(C)cc2C)n1.Cc1csc(-c2nc(NC3CCC(F)(F)CC3)cc([C@@H](C)O)n2)n1.Cc1csc(-c2nc(NC3CCC(F)(F)CC3)cc([C@H](C)O)n2)n1.FC1(F)CCC(Nc2cc(N3CCOCC3)nc(-n3ccc(C4CC4)n3)n2)CC1. The number of nitrogens with one attached hydrogen (secondary N) is 5. The molecule has 10 aromatic rings. The molecule has 6 aliphatic carbocycles. The number of aliphatic hydroxyl groups is 2. The van der Waals surface area contributed by atoms with Gasteiger partial charge in [-0.1, -0.05) is 0 Å². The fourth-order valence-electron chi connectivity index (χ4n) is 14.9. The summed E-state index contributed by atoms with van der Waals surface area (Å²) in [6, 6.07) is 12.9. The van der Waals surface area contributed by atoms with Gasteiger partial charge in [-0.2, -0.15) is 25.1 Å². The number of nitrogens with zero attached hydrogens (tertiary/aromatic N) is 18. The van der Waals surface area contributed by atoms with Crippen molar-refractivity contribution in [3.05, 3.63) is 122 Å². The summed E-state index contributed by atoms with van der Waals surface area (Å²) < 4.78 is 142. The van der Waals surface area contributed by atoms with Gasteiger partial charge in [-0.25, -0.2) is 103 Å². The van der Waals surface area contributed by atoms with E-state index in [1.165, 1.54) is 46.9 Å². The quantitative estimate of drug-likeness (QED) is 0.0370. The molecule has 0 unspecified atom stereocenters. The Morgan fingerprint density at radius 1 is 0.385 bits per heavy atom. The molecule has 7 fully saturated rings. The van der Waals surface area contributed by atoms with E-state index in [0.717, 1.165) is 69.5 Å². The van der Waals surface area contributed by atoms with Crippen molar-refractivity contribution in [3.8, 4) is 44.4 Å². The number of alkyl halides is 10. The van der Waals surface area contributed by atoms with Gasteiger partial charge in [0.05, 0.1) is 48.2 Å². The Hall–Kier alpha value is -9.31. The average Bonchev–Trinajstić information content (AvgIpc) is 1.63. The van der Waals surface area contributed by atoms with Crippen LogP contribution in [-0.4, -0.2) is 181 Å². The van der Waals surface area contributed by atoms with Gasteiger partial charge in [0.15, 0.2) is 32.5 Å². The summed E-state index contributed by atoms with van der Waals surface area (Å²) in [4.78, 5) is 60.2. The molecule has 10 aromatic heterocycles. The van der Waals surface area contributed by atoms with E-state index < -0.39 is 41.8 Å². The third kappa shape index (κ3) is 26.1. The maximum Gasteiger partial charge on any atom is 0.254 e. The van der Waals surface area contributed by atoms with Crippen molar-refractivity contribution in [2.45, 2.75) is 282 Å². The van der Waals surface area contributed by atoms with Crippen LogP contribution in [0.1, 0.15) is 230 Å². The first-order chi connectivity index (χ1) is 57.9. The molecule has 7 N–H and O–H groups in total. The lowest BCUT2D eigenvalue weighted by Gasteiger charge is -2.30. The van der Waals surface area contributed by atoms with Crippen LogP contribution in [0.25, 0.3) is 44.4 Å². The number of morpholine rings is 1. The second kappa shape index (κ2) is 39.3. The molecule has 0 bridgehead atoms. The van der Waals surface area contributed by atoms with Gasteiger partial charge in [-0.3, -0.25) is 0 Å². The number of aromatic nitrogens is 17. The van der Waals surface area contributed by atoms with Gasteiger partial charge in [-0.05, 0) is 151 Å². The van der Waals surface area contributed by atoms with Gasteiger partial charge in [-0.15, -0.1) is 34.0 Å². The lowest BCUT2D eigenvalue weighted by atomic mass is 9.92. The van der Waals surface area contributed by atoms with E-state index in [2.05, 4.69) is 101 Å². The largest absolute Gasteiger partial charge is 0.387 e. The molecule has 1 aliphatic heterocycles. The monoisotopic (exact) mass is 1760 g/mol. The highest BCUT2D eigenvalue weighted by atomic mass is 32.1. The number of aryl methyl sites for hydroxylation is 7. The van der Waals surface area contributed by atoms with Crippen LogP contribution in [0.2, 0.25) is 0 Å². The van der Waals surface area contributed by atoms with E-state index in [1.807, 2.05) is 101 Å². The molecule has 7 aliphatic rings. The third-order valence-electron chi connectivity index (χ3n) is 21.9. The lowest BCUT2D eigenvalue weighted by Crippen LogP contribution is -2.37. The van der Waals surface area contributed by atoms with Crippen molar-refractivity contribution >= 4 is 68.9 Å². The first kappa shape index (κ1) is 90.4. The minimum absolute atomic E-state index is 0.00504. The summed E-state index contributed by atoms with van der Waals surface area (Å²) in [6.45, 7) is 19.5. The van der Waals surface area contributed by atoms with Gasteiger partial charge in [0.25, 0.3) is 11.9 Å². The van der Waals surface area contributed by atoms with Crippen LogP contribution in [0.5, 0.6) is 0 Å². The molecule has 1 saturated heterocycles. The minimum Gasteiger partial charge on any atom is -0.387 e. The molecular weight excluding hydrogens is 1650 g/mol. The van der Waals surface area contributed by atoms with E-state index in [9.17, 15) is 54.1 Å². The van der Waals surface area contributed by atoms with Crippen molar-refractivity contribution in [3.63, 3.8) is 0 Å². The van der Waals surface area contributed by atoms with E-state index in [1.54, 1.807) is 35.3 Å². The summed E-state index contributed by atoms with van der Waals surface area (Å²) in [5.74, 6) is -5.76. The number of anilines is 6. The van der Waals surface area contributed by atoms with Gasteiger partial charge in [0, 0.05) is 200 Å². The second-order valence-corrected chi connectivity index (χ2v) is 35.4. The number of halogens is 10. The fourth-order valence-corrected chi connectivity index (χ4v) is 17.1. The van der Waals surface area contributed by atoms with Crippen LogP contribution < -0.4 is 31.5 Å². The topological polar surface area (TPSA) is 316 Å². The Balaban J connectivity index is 0.000000132. The van der Waals surface area contributed by atoms with E-state index in [-0.39, 0.29) is 94.4 Å². The maximum absolute atomic E-state index is 13.5. The summed E-state index contributed by atoms with van der Waals surface area (Å²) in [5, 5.41) is 53.0. The fraction of sp³-hybridized carbons (Fsp3) is 0.578. The standard InChI is InChI=1S/C20H26F2N6O.C16H21F2N5.2C16H20F2N4OS.C15H18F2N4S/c21-20(22)6-3-15(4-7-20)23-17-13-18(27-9-11-29-12-10-27)25-19(24-17)28-8-5-16(26-28)14-1-2-14;1-10-9-14(20-13-4-6-16(17,18)7-5-13)21-15(19-10)23-12(3)8-11(2)22-23;2*1-9-8-24-15(19-9)14-21-12(10(2)23)7-13(22-14)20-11-3-5-16(17,18)6-4-11;1-9-7-12(20-11-3-5-15(16,17)6-4-11)21-13(18-9)14-19-10(2)8-22-14/h5,8,13-15H,1-4,6-7,9-12H2,(H,23,24,25);8-9,13H,4-7H2,1-3H3,(H,19,20,21);2*7-8,10-11,23H,3-6H2,1-2H3,(H,20,21,22);7-8,11H,3-6H2,1-2H3,(H,18,20,21)/t;;2*10-;/m..10./s1. The number of rotatable bonds is 19. The summed E-state index contributed by atoms with van der Waals surface area (Å²) >= 11 is 4.37. The van der Waals surface area contributed by atoms with Crippen LogP contribution >= 0.6 is 34.0 Å². The van der Waals surface area contributed by atoms with Crippen LogP contribution in [0.3, 0.4) is 0 Å². The molecule has 17 rings (SSSR count). The Bertz CT molecular complexity index is 4960. The predicted octanol–water partition coefficient (Wildman–Crippen LogP) is 19.1. The molecule has 0 aromatic carbocycles. The molecular formula is C83H105F10N23O3S3. The average molecular weight is 1760 g/mol. The maximum atomic E-state index is 13.5. The second-order valence-electron chi connectivity index (χ2n) is 32.8. The van der Waals surface area contributed by atoms with E-state index in [4.69, 9.17) is 9.72 Å². The van der Waals surface area contributed by atoms with Gasteiger partial charge in [0.1, 0.15) is 34.9 Å². The van der Waals surface area contributed by atoms with Crippen LogP contribution in [0.15, 0.2) is 64.8 Å². The first-order valence-electron chi connectivity index (χ1n) is 41.6. The lowest BCUT2D eigenvalue weighted by molar-refractivity contribution is -0.0366. The molecule has 658 valence electrons. The Morgan fingerprint density at radius 3 is 1.09 bits per heavy atom. The zero-order chi connectivity index (χ0) is 86.8. The van der Waals surface area contributed by atoms with Crippen LogP contribution in [0, 0.1) is 48.5 Å². The number of ether oxygens (including phenoxy) is 1. The Morgan fingerprint density at radius 2 is 0.738 bits per heavy atom. The minimum atomic E-state index is -2.56. The van der Waals surface area contributed by atoms with Crippen LogP contribution in [0.4, 0.5) is 78.8 Å². The summed E-state index contributed by atoms with van der Waals surface area (Å²) in [5.41, 5.74) is 8.24. The number of aliphatic hydroxyl groups excluding tert-OH is 2. The van der Waals surface area contributed by atoms with Crippen LogP contribution in [-0.2, 0) is 4.74 Å². The third-order valence-corrected chi connectivity index (χ3v) is 24.7. The Kier molecular flexibility index (Phi) is 29.1.